The molecule has 0 heterocycles. The molecule has 0 atom stereocenters. The van der Waals surface area contributed by atoms with Crippen LogP contribution in [-0.4, -0.2) is 18.5 Å². The van der Waals surface area contributed by atoms with E-state index in [0.29, 0.717) is 0 Å². The van der Waals surface area contributed by atoms with Gasteiger partial charge in [-0.05, 0) is 35.9 Å². The molecule has 24 heavy (non-hydrogen) atoms. The first-order valence-corrected chi connectivity index (χ1v) is 7.58. The Labute approximate surface area is 145 Å². The summed E-state index contributed by atoms with van der Waals surface area (Å²) < 4.78 is 31.4. The minimum atomic E-state index is -1.08. The fourth-order valence-corrected chi connectivity index (χ4v) is 1.96. The van der Waals surface area contributed by atoms with E-state index in [0.717, 1.165) is 22.2 Å². The molecule has 0 aliphatic rings. The van der Waals surface area contributed by atoms with Gasteiger partial charge in [-0.2, -0.15) is 0 Å². The first kappa shape index (κ1) is 17.8. The number of carbonyl (C=O) groups excluding carboxylic acids is 2. The van der Waals surface area contributed by atoms with E-state index in [4.69, 9.17) is 4.74 Å². The van der Waals surface area contributed by atoms with Gasteiger partial charge in [0.15, 0.2) is 18.2 Å². The van der Waals surface area contributed by atoms with Gasteiger partial charge in [0.05, 0.1) is 0 Å². The summed E-state index contributed by atoms with van der Waals surface area (Å²) in [6.07, 6.45) is 2.73. The van der Waals surface area contributed by atoms with Gasteiger partial charge in [-0.15, -0.1) is 0 Å². The van der Waals surface area contributed by atoms with E-state index in [1.165, 1.54) is 12.1 Å². The molecule has 4 nitrogen and oxygen atoms in total. The van der Waals surface area contributed by atoms with E-state index in [1.54, 1.807) is 18.2 Å². The zero-order chi connectivity index (χ0) is 17.5. The maximum Gasteiger partial charge on any atom is 0.331 e. The van der Waals surface area contributed by atoms with E-state index in [9.17, 15) is 18.4 Å². The fourth-order valence-electron chi connectivity index (χ4n) is 1.69. The van der Waals surface area contributed by atoms with Crippen molar-refractivity contribution in [2.24, 2.45) is 0 Å². The van der Waals surface area contributed by atoms with Crippen LogP contribution in [-0.2, 0) is 14.3 Å². The summed E-state index contributed by atoms with van der Waals surface area (Å²) in [4.78, 5) is 23.1. The Morgan fingerprint density at radius 1 is 1.08 bits per heavy atom. The van der Waals surface area contributed by atoms with Crippen LogP contribution < -0.4 is 5.32 Å². The monoisotopic (exact) mass is 395 g/mol. The van der Waals surface area contributed by atoms with Crippen molar-refractivity contribution >= 4 is 39.6 Å². The lowest BCUT2D eigenvalue weighted by atomic mass is 10.2. The molecule has 0 saturated carbocycles. The van der Waals surface area contributed by atoms with E-state index >= 15 is 0 Å². The number of nitrogens with one attached hydrogen (secondary N) is 1. The molecule has 0 saturated heterocycles. The lowest BCUT2D eigenvalue weighted by Crippen LogP contribution is -2.20. The number of ether oxygens (including phenoxy) is 1. The van der Waals surface area contributed by atoms with E-state index in [2.05, 4.69) is 21.2 Å². The van der Waals surface area contributed by atoms with Gasteiger partial charge in [0, 0.05) is 22.3 Å². The van der Waals surface area contributed by atoms with Gasteiger partial charge in [-0.3, -0.25) is 4.79 Å². The molecule has 0 fully saturated rings. The number of amides is 1. The highest BCUT2D eigenvalue weighted by molar-refractivity contribution is 9.10. The van der Waals surface area contributed by atoms with Gasteiger partial charge in [0.1, 0.15) is 0 Å². The molecule has 1 amide bonds. The first-order valence-electron chi connectivity index (χ1n) is 6.79. The molecular weight excluding hydrogens is 384 g/mol. The van der Waals surface area contributed by atoms with E-state index in [1.807, 2.05) is 12.1 Å². The minimum absolute atomic E-state index is 0.0698. The van der Waals surface area contributed by atoms with Crippen LogP contribution in [0.4, 0.5) is 14.5 Å². The van der Waals surface area contributed by atoms with E-state index in [-0.39, 0.29) is 5.69 Å². The van der Waals surface area contributed by atoms with Gasteiger partial charge in [-0.25, -0.2) is 13.6 Å². The number of hydrogen-bond donors (Lipinski definition) is 1. The van der Waals surface area contributed by atoms with Crippen molar-refractivity contribution in [1.29, 1.82) is 0 Å². The predicted molar refractivity (Wildman–Crippen MR) is 89.1 cm³/mol. The number of halogens is 3. The number of anilines is 1. The molecule has 124 valence electrons. The molecule has 2 aromatic rings. The van der Waals surface area contributed by atoms with Crippen molar-refractivity contribution in [3.05, 3.63) is 70.2 Å². The van der Waals surface area contributed by atoms with Gasteiger partial charge < -0.3 is 10.1 Å². The molecule has 0 spiro atoms. The third-order valence-corrected chi connectivity index (χ3v) is 3.36. The summed E-state index contributed by atoms with van der Waals surface area (Å²) in [5, 5.41) is 2.29. The summed E-state index contributed by atoms with van der Waals surface area (Å²) in [5.74, 6) is -3.45. The number of carbonyl (C=O) groups is 2. The molecule has 0 aliphatic carbocycles. The second-order valence-corrected chi connectivity index (χ2v) is 5.59. The Balaban J connectivity index is 1.81. The minimum Gasteiger partial charge on any atom is -0.452 e. The summed E-state index contributed by atoms with van der Waals surface area (Å²) in [6, 6.07) is 10.2. The smallest absolute Gasteiger partial charge is 0.331 e. The highest BCUT2D eigenvalue weighted by atomic mass is 79.9. The molecule has 0 bridgehead atoms. The third kappa shape index (κ3) is 5.58. The molecular formula is C17H12BrF2NO3. The van der Waals surface area contributed by atoms with Crippen LogP contribution in [0.2, 0.25) is 0 Å². The first-order chi connectivity index (χ1) is 11.4. The third-order valence-electron chi connectivity index (χ3n) is 2.83. The zero-order valence-corrected chi connectivity index (χ0v) is 13.8. The molecule has 0 unspecified atom stereocenters. The average molecular weight is 396 g/mol. The Hall–Kier alpha value is -2.54. The largest absolute Gasteiger partial charge is 0.452 e. The second-order valence-electron chi connectivity index (χ2n) is 4.67. The van der Waals surface area contributed by atoms with Crippen LogP contribution in [0.5, 0.6) is 0 Å². The van der Waals surface area contributed by atoms with Crippen molar-refractivity contribution in [2.75, 3.05) is 11.9 Å². The van der Waals surface area contributed by atoms with Gasteiger partial charge in [0.2, 0.25) is 0 Å². The van der Waals surface area contributed by atoms with E-state index < -0.39 is 30.1 Å². The normalized spacial score (nSPS) is 10.6. The van der Waals surface area contributed by atoms with Crippen molar-refractivity contribution in [2.45, 2.75) is 0 Å². The van der Waals surface area contributed by atoms with Crippen LogP contribution in [0, 0.1) is 11.6 Å². The highest BCUT2D eigenvalue weighted by Crippen LogP contribution is 2.13. The van der Waals surface area contributed by atoms with Crippen molar-refractivity contribution in [3.63, 3.8) is 0 Å². The molecule has 0 radical (unpaired) electrons. The molecule has 7 heteroatoms. The molecule has 1 N–H and O–H groups in total. The Bertz CT molecular complexity index is 776. The van der Waals surface area contributed by atoms with Crippen LogP contribution in [0.15, 0.2) is 53.0 Å². The Morgan fingerprint density at radius 2 is 1.79 bits per heavy atom. The SMILES string of the molecule is O=C(COC(=O)/C=C/c1ccc(Br)cc1)Nc1ccc(F)c(F)c1. The van der Waals surface area contributed by atoms with Gasteiger partial charge >= 0.3 is 5.97 Å². The highest BCUT2D eigenvalue weighted by Gasteiger charge is 2.08. The molecule has 2 rings (SSSR count). The van der Waals surface area contributed by atoms with Crippen molar-refractivity contribution < 1.29 is 23.1 Å². The Morgan fingerprint density at radius 3 is 2.46 bits per heavy atom. The maximum absolute atomic E-state index is 13.0. The van der Waals surface area contributed by atoms with Crippen LogP contribution in [0.1, 0.15) is 5.56 Å². The lowest BCUT2D eigenvalue weighted by molar-refractivity contribution is -0.142. The zero-order valence-electron chi connectivity index (χ0n) is 12.3. The van der Waals surface area contributed by atoms with Gasteiger partial charge in [0.25, 0.3) is 5.91 Å². The fraction of sp³-hybridized carbons (Fsp3) is 0.0588. The summed E-state index contributed by atoms with van der Waals surface area (Å²) in [5.41, 5.74) is 0.863. The second kappa shape index (κ2) is 8.35. The number of esters is 1. The molecule has 0 aromatic heterocycles. The lowest BCUT2D eigenvalue weighted by Gasteiger charge is -2.05. The number of hydrogen-bond acceptors (Lipinski definition) is 3. The number of rotatable bonds is 5. The quantitative estimate of drug-likeness (QED) is 0.616. The Kier molecular flexibility index (Phi) is 6.20. The van der Waals surface area contributed by atoms with Gasteiger partial charge in [-0.1, -0.05) is 28.1 Å². The molecule has 0 aliphatic heterocycles. The molecule has 2 aromatic carbocycles. The van der Waals surface area contributed by atoms with Crippen LogP contribution >= 0.6 is 15.9 Å². The summed E-state index contributed by atoms with van der Waals surface area (Å²) in [6.45, 7) is -0.539. The van der Waals surface area contributed by atoms with Crippen molar-refractivity contribution in [1.82, 2.24) is 0 Å². The average Bonchev–Trinajstić information content (AvgIpc) is 2.56. The standard InChI is InChI=1S/C17H12BrF2NO3/c18-12-4-1-11(2-5-12)3-8-17(23)24-10-16(22)21-13-6-7-14(19)15(20)9-13/h1-9H,10H2,(H,21,22)/b8-3+. The summed E-state index contributed by atoms with van der Waals surface area (Å²) in [7, 11) is 0. The van der Waals surface area contributed by atoms with Crippen LogP contribution in [0.3, 0.4) is 0 Å². The summed E-state index contributed by atoms with van der Waals surface area (Å²) >= 11 is 3.30. The maximum atomic E-state index is 13.0. The van der Waals surface area contributed by atoms with Crippen LogP contribution in [0.25, 0.3) is 6.08 Å². The van der Waals surface area contributed by atoms with Crippen molar-refractivity contribution in [3.8, 4) is 0 Å². The number of benzene rings is 2. The predicted octanol–water partition coefficient (Wildman–Crippen LogP) is 3.92. The topological polar surface area (TPSA) is 55.4 Å².